The van der Waals surface area contributed by atoms with Gasteiger partial charge in [-0.05, 0) is 0 Å². The molecule has 3 heteroatoms. The first-order chi connectivity index (χ1) is 15.2. The molecule has 0 amide bonds. The Morgan fingerprint density at radius 2 is 0.645 bits per heavy atom. The minimum absolute atomic E-state index is 0.968. The van der Waals surface area contributed by atoms with Crippen molar-refractivity contribution in [3.05, 3.63) is 0 Å². The molecule has 0 rings (SSSR count). The second-order valence-corrected chi connectivity index (χ2v) is 19.5. The minimum atomic E-state index is -2.88. The van der Waals surface area contributed by atoms with E-state index in [-0.39, 0.29) is 0 Å². The molecule has 0 saturated heterocycles. The third-order valence-corrected chi connectivity index (χ3v) is 17.1. The predicted octanol–water partition coefficient (Wildman–Crippen LogP) is 10.3. The van der Waals surface area contributed by atoms with Gasteiger partial charge in [0.1, 0.15) is 0 Å². The molecule has 2 nitrogen and oxygen atoms in total. The van der Waals surface area contributed by atoms with Gasteiger partial charge in [0.2, 0.25) is 0 Å². The Balaban J connectivity index is 4.20. The molecule has 0 heterocycles. The summed E-state index contributed by atoms with van der Waals surface area (Å²) in [6.07, 6.45) is 27.1. The fourth-order valence-corrected chi connectivity index (χ4v) is 15.0. The molecule has 0 unspecified atom stereocenters. The Morgan fingerprint density at radius 3 is 0.968 bits per heavy atom. The van der Waals surface area contributed by atoms with Gasteiger partial charge in [0.05, 0.1) is 0 Å². The summed E-state index contributed by atoms with van der Waals surface area (Å²) in [5.41, 5.74) is 0. The van der Waals surface area contributed by atoms with E-state index < -0.39 is 19.2 Å². The quantitative estimate of drug-likeness (QED) is 0.0792. The average molecular weight is 547 g/mol. The molecule has 0 N–H and O–H groups in total. The zero-order valence-electron chi connectivity index (χ0n) is 22.3. The molecule has 0 aromatic heterocycles. The Morgan fingerprint density at radius 1 is 0.355 bits per heavy atom. The van der Waals surface area contributed by atoms with Crippen molar-refractivity contribution >= 4 is 19.2 Å². The third-order valence-electron chi connectivity index (χ3n) is 6.55. The Labute approximate surface area is 203 Å². The van der Waals surface area contributed by atoms with Crippen LogP contribution in [-0.4, -0.2) is 32.4 Å². The summed E-state index contributed by atoms with van der Waals surface area (Å²) in [4.78, 5) is 0. The van der Waals surface area contributed by atoms with E-state index in [1.165, 1.54) is 137 Å². The van der Waals surface area contributed by atoms with Gasteiger partial charge in [-0.25, -0.2) is 0 Å². The van der Waals surface area contributed by atoms with Crippen LogP contribution in [0.2, 0.25) is 8.87 Å². The van der Waals surface area contributed by atoms with Crippen molar-refractivity contribution in [1.29, 1.82) is 0 Å². The van der Waals surface area contributed by atoms with Gasteiger partial charge >= 0.3 is 204 Å². The molecule has 0 aromatic carbocycles. The van der Waals surface area contributed by atoms with Crippen LogP contribution in [0.1, 0.15) is 156 Å². The normalized spacial score (nSPS) is 12.0. The van der Waals surface area contributed by atoms with Crippen LogP contribution >= 0.6 is 0 Å². The molecule has 0 atom stereocenters. The van der Waals surface area contributed by atoms with Crippen LogP contribution in [0.3, 0.4) is 0 Å². The fraction of sp³-hybridized carbons (Fsp3) is 1.00. The average Bonchev–Trinajstić information content (AvgIpc) is 2.79. The van der Waals surface area contributed by atoms with E-state index in [1.807, 2.05) is 0 Å². The SMILES string of the molecule is CCCCCCCCCC[O][Sn]([CH2]CCC)([CH2]CCC)[O]CCCCCCCCCC. The molecular weight excluding hydrogens is 487 g/mol. The molecule has 0 bridgehead atoms. The number of hydrogen-bond donors (Lipinski definition) is 0. The zero-order chi connectivity index (χ0) is 22.9. The summed E-state index contributed by atoms with van der Waals surface area (Å²) >= 11 is -2.88. The van der Waals surface area contributed by atoms with E-state index in [2.05, 4.69) is 27.7 Å². The topological polar surface area (TPSA) is 18.5 Å². The van der Waals surface area contributed by atoms with Crippen molar-refractivity contribution in [1.82, 2.24) is 0 Å². The molecule has 0 aliphatic carbocycles. The molecule has 188 valence electrons. The summed E-state index contributed by atoms with van der Waals surface area (Å²) in [5, 5.41) is 0. The Hall–Kier alpha value is 0.719. The van der Waals surface area contributed by atoms with E-state index in [1.54, 1.807) is 0 Å². The van der Waals surface area contributed by atoms with Gasteiger partial charge in [0, 0.05) is 0 Å². The van der Waals surface area contributed by atoms with Gasteiger partial charge in [-0.3, -0.25) is 0 Å². The van der Waals surface area contributed by atoms with Crippen molar-refractivity contribution in [3.63, 3.8) is 0 Å². The molecule has 31 heavy (non-hydrogen) atoms. The van der Waals surface area contributed by atoms with Crippen molar-refractivity contribution in [2.24, 2.45) is 0 Å². The van der Waals surface area contributed by atoms with Crippen LogP contribution in [0.25, 0.3) is 0 Å². The van der Waals surface area contributed by atoms with Crippen LogP contribution in [-0.2, 0) is 6.15 Å². The third kappa shape index (κ3) is 21.0. The summed E-state index contributed by atoms with van der Waals surface area (Å²) < 4.78 is 16.0. The molecule has 0 radical (unpaired) electrons. The summed E-state index contributed by atoms with van der Waals surface area (Å²) in [6.45, 7) is 11.2. The van der Waals surface area contributed by atoms with Gasteiger partial charge in [0.15, 0.2) is 0 Å². The number of unbranched alkanes of at least 4 members (excludes halogenated alkanes) is 16. The first kappa shape index (κ1) is 31.7. The van der Waals surface area contributed by atoms with Gasteiger partial charge in [-0.1, -0.05) is 0 Å². The maximum absolute atomic E-state index is 6.74. The Bertz CT molecular complexity index is 303. The van der Waals surface area contributed by atoms with E-state index in [9.17, 15) is 0 Å². The molecule has 0 aliphatic heterocycles. The first-order valence-electron chi connectivity index (χ1n) is 14.5. The van der Waals surface area contributed by atoms with Crippen LogP contribution in [0.15, 0.2) is 0 Å². The second kappa shape index (κ2) is 25.3. The number of hydrogen-bond acceptors (Lipinski definition) is 2. The molecule has 0 saturated carbocycles. The van der Waals surface area contributed by atoms with Gasteiger partial charge < -0.3 is 0 Å². The summed E-state index contributed by atoms with van der Waals surface area (Å²) in [5.74, 6) is 0. The number of rotatable bonds is 26. The molecule has 0 fully saturated rings. The van der Waals surface area contributed by atoms with E-state index in [4.69, 9.17) is 6.15 Å². The van der Waals surface area contributed by atoms with Gasteiger partial charge in [-0.15, -0.1) is 0 Å². The van der Waals surface area contributed by atoms with E-state index >= 15 is 0 Å². The zero-order valence-corrected chi connectivity index (χ0v) is 25.1. The summed E-state index contributed by atoms with van der Waals surface area (Å²) in [6, 6.07) is 0. The molecule has 0 aliphatic rings. The van der Waals surface area contributed by atoms with Gasteiger partial charge in [0.25, 0.3) is 0 Å². The van der Waals surface area contributed by atoms with Crippen LogP contribution in [0.5, 0.6) is 0 Å². The van der Waals surface area contributed by atoms with E-state index in [0.29, 0.717) is 0 Å². The Kier molecular flexibility index (Phi) is 25.9. The van der Waals surface area contributed by atoms with Crippen molar-refractivity contribution < 1.29 is 6.15 Å². The van der Waals surface area contributed by atoms with Crippen LogP contribution in [0.4, 0.5) is 0 Å². The van der Waals surface area contributed by atoms with Crippen LogP contribution in [0, 0.1) is 0 Å². The fourth-order valence-electron chi connectivity index (χ4n) is 4.34. The second-order valence-electron chi connectivity index (χ2n) is 9.76. The van der Waals surface area contributed by atoms with Gasteiger partial charge in [-0.2, -0.15) is 0 Å². The van der Waals surface area contributed by atoms with Crippen molar-refractivity contribution in [3.8, 4) is 0 Å². The van der Waals surface area contributed by atoms with Crippen molar-refractivity contribution in [2.45, 2.75) is 165 Å². The molecule has 0 spiro atoms. The maximum atomic E-state index is 6.74. The summed E-state index contributed by atoms with van der Waals surface area (Å²) in [7, 11) is 0. The van der Waals surface area contributed by atoms with Crippen molar-refractivity contribution in [2.75, 3.05) is 13.2 Å². The molecule has 0 aromatic rings. The first-order valence-corrected chi connectivity index (χ1v) is 20.9. The standard InChI is InChI=1S/2C10H21O.2C4H9.Sn/c2*1-2-3-4-5-6-7-8-9-10-11;2*1-3-4-2;/h2*2-10H2,1H3;2*1,3-4H2,2H3;/q2*-1;;;+2. The van der Waals surface area contributed by atoms with Crippen LogP contribution < -0.4 is 0 Å². The predicted molar refractivity (Wildman–Crippen MR) is 142 cm³/mol. The molecular formula is C28H60O2Sn. The monoisotopic (exact) mass is 548 g/mol. The van der Waals surface area contributed by atoms with E-state index in [0.717, 1.165) is 13.2 Å².